The number of nitrogens with zero attached hydrogens (tertiary/aromatic N) is 5. The molecule has 5 heterocycles. The summed E-state index contributed by atoms with van der Waals surface area (Å²) in [6.07, 6.45) is 8.79. The number of amides is 1. The lowest BCUT2D eigenvalue weighted by molar-refractivity contribution is 0.0922. The topological polar surface area (TPSA) is 102 Å². The third-order valence-electron chi connectivity index (χ3n) is 9.62. The summed E-state index contributed by atoms with van der Waals surface area (Å²) < 4.78 is 17.2. The quantitative estimate of drug-likeness (QED) is 0.305. The Balaban J connectivity index is 1.10. The summed E-state index contributed by atoms with van der Waals surface area (Å²) in [4.78, 5) is 52.3. The highest BCUT2D eigenvalue weighted by Crippen LogP contribution is 2.37. The van der Waals surface area contributed by atoms with Crippen molar-refractivity contribution in [1.82, 2.24) is 24.4 Å². The SMILES string of the molecule is O=C(NC1CCC(n2c(=O)c3cc(F)cnc3n(C3CCSCC3)c2=O)CC1)c1cccnc1N1CCCC1c1ccccc1. The summed E-state index contributed by atoms with van der Waals surface area (Å²) in [5, 5.41) is 3.36. The van der Waals surface area contributed by atoms with Gasteiger partial charge >= 0.3 is 5.69 Å². The Labute approximate surface area is 264 Å². The normalized spacial score (nSPS) is 22.5. The Morgan fingerprint density at radius 3 is 2.42 bits per heavy atom. The molecule has 2 aliphatic heterocycles. The van der Waals surface area contributed by atoms with E-state index < -0.39 is 11.4 Å². The number of hydrogen-bond donors (Lipinski definition) is 1. The summed E-state index contributed by atoms with van der Waals surface area (Å²) in [5.74, 6) is 1.78. The monoisotopic (exact) mass is 628 g/mol. The maximum Gasteiger partial charge on any atom is 0.333 e. The average Bonchev–Trinajstić information content (AvgIpc) is 3.57. The molecule has 3 aromatic heterocycles. The number of carbonyl (C=O) groups excluding carboxylic acids is 1. The lowest BCUT2D eigenvalue weighted by atomic mass is 9.90. The molecule has 11 heteroatoms. The van der Waals surface area contributed by atoms with Crippen LogP contribution in [0.3, 0.4) is 0 Å². The largest absolute Gasteiger partial charge is 0.349 e. The second-order valence-corrected chi connectivity index (χ2v) is 13.5. The molecule has 1 N–H and O–H groups in total. The fourth-order valence-corrected chi connectivity index (χ4v) is 8.47. The number of fused-ring (bicyclic) bond motifs is 1. The Morgan fingerprint density at radius 1 is 0.889 bits per heavy atom. The summed E-state index contributed by atoms with van der Waals surface area (Å²) in [6.45, 7) is 0.832. The van der Waals surface area contributed by atoms with Gasteiger partial charge in [0.05, 0.1) is 23.2 Å². The van der Waals surface area contributed by atoms with E-state index in [9.17, 15) is 18.8 Å². The Kier molecular flexibility index (Phi) is 8.44. The number of rotatable bonds is 6. The van der Waals surface area contributed by atoms with Crippen molar-refractivity contribution in [2.75, 3.05) is 23.0 Å². The molecule has 3 aliphatic rings. The summed E-state index contributed by atoms with van der Waals surface area (Å²) in [6, 6.07) is 14.8. The fourth-order valence-electron chi connectivity index (χ4n) is 7.39. The van der Waals surface area contributed by atoms with Gasteiger partial charge in [0.2, 0.25) is 0 Å². The van der Waals surface area contributed by atoms with Crippen LogP contribution in [-0.2, 0) is 0 Å². The molecular formula is C34H37FN6O3S. The number of benzene rings is 1. The number of hydrogen-bond acceptors (Lipinski definition) is 7. The summed E-state index contributed by atoms with van der Waals surface area (Å²) >= 11 is 1.85. The number of halogens is 1. The van der Waals surface area contributed by atoms with Crippen LogP contribution in [0.15, 0.2) is 70.5 Å². The molecule has 0 spiro atoms. The van der Waals surface area contributed by atoms with E-state index in [1.165, 1.54) is 16.2 Å². The third-order valence-corrected chi connectivity index (χ3v) is 10.7. The van der Waals surface area contributed by atoms with E-state index in [1.807, 2.05) is 36.0 Å². The molecule has 1 saturated carbocycles. The van der Waals surface area contributed by atoms with Crippen LogP contribution in [0.1, 0.15) is 85.4 Å². The highest BCUT2D eigenvalue weighted by atomic mass is 32.2. The molecule has 234 valence electrons. The molecule has 1 atom stereocenters. The van der Waals surface area contributed by atoms with Crippen molar-refractivity contribution in [2.45, 2.75) is 75.5 Å². The van der Waals surface area contributed by atoms with Crippen molar-refractivity contribution in [3.8, 4) is 0 Å². The van der Waals surface area contributed by atoms with Gasteiger partial charge in [0.15, 0.2) is 0 Å². The van der Waals surface area contributed by atoms with Crippen LogP contribution in [-0.4, -0.2) is 49.1 Å². The molecule has 3 fully saturated rings. The zero-order valence-electron chi connectivity index (χ0n) is 25.1. The van der Waals surface area contributed by atoms with E-state index in [1.54, 1.807) is 16.8 Å². The molecule has 0 bridgehead atoms. The van der Waals surface area contributed by atoms with Crippen molar-refractivity contribution in [3.63, 3.8) is 0 Å². The number of pyridine rings is 2. The Hall–Kier alpha value is -3.99. The minimum atomic E-state index is -0.597. The van der Waals surface area contributed by atoms with Crippen LogP contribution in [0.4, 0.5) is 10.2 Å². The second kappa shape index (κ2) is 12.8. The molecule has 1 aliphatic carbocycles. The predicted octanol–water partition coefficient (Wildman–Crippen LogP) is 5.42. The van der Waals surface area contributed by atoms with Crippen LogP contribution >= 0.6 is 11.8 Å². The average molecular weight is 629 g/mol. The Morgan fingerprint density at radius 2 is 1.64 bits per heavy atom. The van der Waals surface area contributed by atoms with E-state index in [0.717, 1.165) is 49.9 Å². The minimum absolute atomic E-state index is 0.0764. The molecule has 1 unspecified atom stereocenters. The van der Waals surface area contributed by atoms with Crippen LogP contribution in [0.2, 0.25) is 0 Å². The number of aromatic nitrogens is 4. The van der Waals surface area contributed by atoms with E-state index in [0.29, 0.717) is 37.1 Å². The standard InChI is InChI=1S/C34H37FN6O3S/c35-23-20-28-31(37-21-23)40(26-14-18-45-19-15-26)34(44)41(33(28)43)25-12-10-24(11-13-25)38-32(42)27-8-4-16-36-30(27)39-17-5-9-29(39)22-6-2-1-3-7-22/h1-4,6-8,16,20-21,24-26,29H,5,9-15,17-19H2,(H,38,42). The van der Waals surface area contributed by atoms with Crippen molar-refractivity contribution in [1.29, 1.82) is 0 Å². The molecule has 1 aromatic carbocycles. The molecular weight excluding hydrogens is 591 g/mol. The van der Waals surface area contributed by atoms with Gasteiger partial charge in [-0.2, -0.15) is 11.8 Å². The van der Waals surface area contributed by atoms with E-state index in [2.05, 4.69) is 32.3 Å². The van der Waals surface area contributed by atoms with Crippen molar-refractivity contribution < 1.29 is 9.18 Å². The van der Waals surface area contributed by atoms with Gasteiger partial charge in [-0.3, -0.25) is 18.7 Å². The number of nitrogens with one attached hydrogen (secondary N) is 1. The molecule has 1 amide bonds. The minimum Gasteiger partial charge on any atom is -0.349 e. The lowest BCUT2D eigenvalue weighted by Crippen LogP contribution is -2.46. The lowest BCUT2D eigenvalue weighted by Gasteiger charge is -2.32. The van der Waals surface area contributed by atoms with E-state index in [-0.39, 0.29) is 46.8 Å². The molecule has 45 heavy (non-hydrogen) atoms. The number of carbonyl (C=O) groups is 1. The molecule has 9 nitrogen and oxygen atoms in total. The number of anilines is 1. The zero-order chi connectivity index (χ0) is 30.9. The van der Waals surface area contributed by atoms with Crippen LogP contribution < -0.4 is 21.5 Å². The van der Waals surface area contributed by atoms with Gasteiger partial charge in [0.1, 0.15) is 17.3 Å². The van der Waals surface area contributed by atoms with Gasteiger partial charge in [0, 0.05) is 30.9 Å². The number of thioether (sulfide) groups is 1. The maximum atomic E-state index is 14.3. The first kappa shape index (κ1) is 29.7. The zero-order valence-corrected chi connectivity index (χ0v) is 25.9. The van der Waals surface area contributed by atoms with E-state index >= 15 is 0 Å². The van der Waals surface area contributed by atoms with Crippen molar-refractivity contribution in [3.05, 3.63) is 98.7 Å². The predicted molar refractivity (Wildman–Crippen MR) is 175 cm³/mol. The van der Waals surface area contributed by atoms with E-state index in [4.69, 9.17) is 0 Å². The van der Waals surface area contributed by atoms with Crippen molar-refractivity contribution >= 4 is 34.5 Å². The first-order chi connectivity index (χ1) is 22.0. The summed E-state index contributed by atoms with van der Waals surface area (Å²) in [7, 11) is 0. The van der Waals surface area contributed by atoms with Crippen molar-refractivity contribution in [2.24, 2.45) is 0 Å². The maximum absolute atomic E-state index is 14.3. The summed E-state index contributed by atoms with van der Waals surface area (Å²) in [5.41, 5.74) is 1.18. The fraction of sp³-hybridized carbons (Fsp3) is 0.441. The van der Waals surface area contributed by atoms with Gasteiger partial charge in [-0.15, -0.1) is 0 Å². The molecule has 0 radical (unpaired) electrons. The third kappa shape index (κ3) is 5.78. The highest BCUT2D eigenvalue weighted by molar-refractivity contribution is 7.99. The second-order valence-electron chi connectivity index (χ2n) is 12.3. The van der Waals surface area contributed by atoms with Gasteiger partial charge in [-0.05, 0) is 86.6 Å². The molecule has 7 rings (SSSR count). The van der Waals surface area contributed by atoms with Gasteiger partial charge in [-0.25, -0.2) is 19.2 Å². The first-order valence-electron chi connectivity index (χ1n) is 16.0. The van der Waals surface area contributed by atoms with Crippen LogP contribution in [0.5, 0.6) is 0 Å². The molecule has 4 aromatic rings. The van der Waals surface area contributed by atoms with Gasteiger partial charge in [-0.1, -0.05) is 30.3 Å². The smallest absolute Gasteiger partial charge is 0.333 e. The van der Waals surface area contributed by atoms with Gasteiger partial charge < -0.3 is 10.2 Å². The molecule has 2 saturated heterocycles. The van der Waals surface area contributed by atoms with Crippen LogP contribution in [0.25, 0.3) is 11.0 Å². The first-order valence-corrected chi connectivity index (χ1v) is 17.1. The van der Waals surface area contributed by atoms with Crippen LogP contribution in [0, 0.1) is 5.82 Å². The Bertz CT molecular complexity index is 1810. The highest BCUT2D eigenvalue weighted by Gasteiger charge is 2.32. The van der Waals surface area contributed by atoms with Gasteiger partial charge in [0.25, 0.3) is 11.5 Å².